The molecule has 5 heteroatoms. The zero-order valence-corrected chi connectivity index (χ0v) is 13.9. The maximum absolute atomic E-state index is 12.4. The summed E-state index contributed by atoms with van der Waals surface area (Å²) >= 11 is 0. The second kappa shape index (κ2) is 7.09. The van der Waals surface area contributed by atoms with E-state index < -0.39 is 10.0 Å². The number of methoxy groups -OCH3 is 1. The van der Waals surface area contributed by atoms with Gasteiger partial charge in [-0.05, 0) is 58.3 Å². The molecule has 1 rings (SSSR count). The molecule has 0 bridgehead atoms. The van der Waals surface area contributed by atoms with E-state index >= 15 is 0 Å². The molecule has 0 amide bonds. The van der Waals surface area contributed by atoms with E-state index in [4.69, 9.17) is 4.74 Å². The maximum atomic E-state index is 12.4. The van der Waals surface area contributed by atoms with Crippen molar-refractivity contribution in [2.75, 3.05) is 20.2 Å². The zero-order chi connectivity index (χ0) is 15.3. The molecule has 1 aliphatic heterocycles. The van der Waals surface area contributed by atoms with Crippen molar-refractivity contribution in [1.29, 1.82) is 0 Å². The molecule has 0 N–H and O–H groups in total. The van der Waals surface area contributed by atoms with Gasteiger partial charge in [-0.1, -0.05) is 5.57 Å². The second-order valence-corrected chi connectivity index (χ2v) is 7.40. The number of allylic oxidation sites excluding steroid dienone is 5. The van der Waals surface area contributed by atoms with E-state index in [2.05, 4.69) is 0 Å². The smallest absolute Gasteiger partial charge is 0.239 e. The molecule has 0 atom stereocenters. The van der Waals surface area contributed by atoms with E-state index in [0.29, 0.717) is 29.3 Å². The van der Waals surface area contributed by atoms with Crippen LogP contribution in [-0.2, 0) is 14.8 Å². The van der Waals surface area contributed by atoms with Gasteiger partial charge in [-0.25, -0.2) is 8.42 Å². The third-order valence-electron chi connectivity index (χ3n) is 3.37. The molecule has 0 aromatic carbocycles. The lowest BCUT2D eigenvalue weighted by Crippen LogP contribution is -2.28. The van der Waals surface area contributed by atoms with Crippen LogP contribution >= 0.6 is 0 Å². The second-order valence-electron chi connectivity index (χ2n) is 5.32. The quantitative estimate of drug-likeness (QED) is 0.578. The minimum atomic E-state index is -3.33. The Labute approximate surface area is 122 Å². The van der Waals surface area contributed by atoms with Crippen LogP contribution in [0.5, 0.6) is 0 Å². The van der Waals surface area contributed by atoms with E-state index in [0.717, 1.165) is 18.4 Å². The van der Waals surface area contributed by atoms with Crippen LogP contribution in [-0.4, -0.2) is 32.9 Å². The lowest BCUT2D eigenvalue weighted by molar-refractivity contribution is 0.306. The van der Waals surface area contributed by atoms with Gasteiger partial charge in [0.15, 0.2) is 0 Å². The van der Waals surface area contributed by atoms with Crippen LogP contribution in [0.1, 0.15) is 40.5 Å². The summed E-state index contributed by atoms with van der Waals surface area (Å²) in [5, 5.41) is 0. The Morgan fingerprint density at radius 1 is 1.05 bits per heavy atom. The van der Waals surface area contributed by atoms with Crippen molar-refractivity contribution < 1.29 is 13.2 Å². The van der Waals surface area contributed by atoms with Gasteiger partial charge in [0.25, 0.3) is 0 Å². The molecule has 20 heavy (non-hydrogen) atoms. The van der Waals surface area contributed by atoms with Crippen LogP contribution in [0.25, 0.3) is 0 Å². The number of ether oxygens (including phenoxy) is 1. The summed E-state index contributed by atoms with van der Waals surface area (Å²) in [6.45, 7) is 8.67. The third-order valence-corrected chi connectivity index (χ3v) is 5.51. The molecule has 4 nitrogen and oxygen atoms in total. The van der Waals surface area contributed by atoms with Crippen molar-refractivity contribution >= 4 is 10.0 Å². The van der Waals surface area contributed by atoms with Crippen molar-refractivity contribution in [3.05, 3.63) is 34.0 Å². The summed E-state index contributed by atoms with van der Waals surface area (Å²) in [6, 6.07) is 0. The molecule has 1 saturated heterocycles. The highest BCUT2D eigenvalue weighted by molar-refractivity contribution is 7.93. The summed E-state index contributed by atoms with van der Waals surface area (Å²) in [7, 11) is -1.74. The minimum absolute atomic E-state index is 0.399. The van der Waals surface area contributed by atoms with Crippen molar-refractivity contribution in [3.63, 3.8) is 0 Å². The van der Waals surface area contributed by atoms with Crippen LogP contribution in [0.4, 0.5) is 0 Å². The fraction of sp³-hybridized carbons (Fsp3) is 0.600. The Morgan fingerprint density at radius 3 is 2.05 bits per heavy atom. The number of rotatable bonds is 5. The van der Waals surface area contributed by atoms with Gasteiger partial charge in [0, 0.05) is 13.1 Å². The fourth-order valence-corrected chi connectivity index (χ4v) is 3.68. The highest BCUT2D eigenvalue weighted by Crippen LogP contribution is 2.22. The predicted octanol–water partition coefficient (Wildman–Crippen LogP) is 3.20. The van der Waals surface area contributed by atoms with Crippen LogP contribution in [0.15, 0.2) is 34.0 Å². The molecule has 0 unspecified atom stereocenters. The van der Waals surface area contributed by atoms with Gasteiger partial charge < -0.3 is 4.74 Å². The average Bonchev–Trinajstić information content (AvgIpc) is 2.90. The van der Waals surface area contributed by atoms with Crippen molar-refractivity contribution in [2.45, 2.75) is 40.5 Å². The Morgan fingerprint density at radius 2 is 1.60 bits per heavy atom. The Balaban J connectivity index is 3.10. The summed E-state index contributed by atoms with van der Waals surface area (Å²) in [5.74, 6) is 0.665. The van der Waals surface area contributed by atoms with Crippen molar-refractivity contribution in [1.82, 2.24) is 4.31 Å². The summed E-state index contributed by atoms with van der Waals surface area (Å²) < 4.78 is 31.7. The van der Waals surface area contributed by atoms with Crippen LogP contribution in [0.2, 0.25) is 0 Å². The van der Waals surface area contributed by atoms with E-state index in [1.807, 2.05) is 19.9 Å². The van der Waals surface area contributed by atoms with Gasteiger partial charge in [0.1, 0.15) is 5.76 Å². The number of hydrogen-bond acceptors (Lipinski definition) is 3. The van der Waals surface area contributed by atoms with Gasteiger partial charge in [0.2, 0.25) is 10.0 Å². The summed E-state index contributed by atoms with van der Waals surface area (Å²) in [5.41, 5.74) is 1.82. The topological polar surface area (TPSA) is 46.6 Å². The number of nitrogens with zero attached hydrogens (tertiary/aromatic N) is 1. The first kappa shape index (κ1) is 17.0. The summed E-state index contributed by atoms with van der Waals surface area (Å²) in [6.07, 6.45) is 5.56. The molecule has 0 spiro atoms. The van der Waals surface area contributed by atoms with Gasteiger partial charge in [-0.2, -0.15) is 4.31 Å². The zero-order valence-electron chi connectivity index (χ0n) is 13.1. The molecule has 1 fully saturated rings. The van der Waals surface area contributed by atoms with Crippen LogP contribution < -0.4 is 0 Å². The molecule has 0 radical (unpaired) electrons. The van der Waals surface area contributed by atoms with E-state index in [-0.39, 0.29) is 0 Å². The van der Waals surface area contributed by atoms with Crippen molar-refractivity contribution in [2.24, 2.45) is 0 Å². The lowest BCUT2D eigenvalue weighted by Gasteiger charge is -2.17. The molecule has 0 aromatic rings. The summed E-state index contributed by atoms with van der Waals surface area (Å²) in [4.78, 5) is 0.399. The van der Waals surface area contributed by atoms with Gasteiger partial charge in [0.05, 0.1) is 12.0 Å². The number of sulfonamides is 1. The number of hydrogen-bond donors (Lipinski definition) is 0. The SMILES string of the molecule is CO/C(C=C(C)C)=C/C(C)=C(\C)S(=O)(=O)N1CCCC1. The molecule has 0 saturated carbocycles. The molecule has 0 aromatic heterocycles. The molecular weight excluding hydrogens is 274 g/mol. The fourth-order valence-electron chi connectivity index (χ4n) is 2.08. The normalized spacial score (nSPS) is 18.8. The maximum Gasteiger partial charge on any atom is 0.239 e. The van der Waals surface area contributed by atoms with E-state index in [1.165, 1.54) is 0 Å². The minimum Gasteiger partial charge on any atom is -0.497 e. The van der Waals surface area contributed by atoms with Gasteiger partial charge in [-0.15, -0.1) is 0 Å². The molecular formula is C15H25NO3S. The molecule has 114 valence electrons. The molecule has 1 aliphatic rings. The van der Waals surface area contributed by atoms with Gasteiger partial charge in [-0.3, -0.25) is 0 Å². The standard InChI is InChI=1S/C15H25NO3S/c1-12(2)10-15(19-5)11-13(3)14(4)20(17,18)16-8-6-7-9-16/h10-11H,6-9H2,1-5H3/b14-13+,15-11+. The lowest BCUT2D eigenvalue weighted by atomic mass is 10.2. The van der Waals surface area contributed by atoms with Crippen LogP contribution in [0.3, 0.4) is 0 Å². The van der Waals surface area contributed by atoms with Crippen molar-refractivity contribution in [3.8, 4) is 0 Å². The monoisotopic (exact) mass is 299 g/mol. The van der Waals surface area contributed by atoms with E-state index in [9.17, 15) is 8.42 Å². The highest BCUT2D eigenvalue weighted by atomic mass is 32.2. The molecule has 0 aliphatic carbocycles. The van der Waals surface area contributed by atoms with E-state index in [1.54, 1.807) is 31.3 Å². The Hall–Kier alpha value is -1.07. The average molecular weight is 299 g/mol. The third kappa shape index (κ3) is 4.21. The predicted molar refractivity (Wildman–Crippen MR) is 82.6 cm³/mol. The first-order valence-corrected chi connectivity index (χ1v) is 8.31. The molecule has 1 heterocycles. The van der Waals surface area contributed by atoms with Crippen LogP contribution in [0, 0.1) is 0 Å². The Kier molecular flexibility index (Phi) is 6.02. The first-order valence-electron chi connectivity index (χ1n) is 6.87. The largest absolute Gasteiger partial charge is 0.497 e. The highest BCUT2D eigenvalue weighted by Gasteiger charge is 2.27. The Bertz CT molecular complexity index is 531. The van der Waals surface area contributed by atoms with Gasteiger partial charge >= 0.3 is 0 Å². The first-order chi connectivity index (χ1) is 9.28.